The first-order valence-corrected chi connectivity index (χ1v) is 2.72. The van der Waals surface area contributed by atoms with Crippen LogP contribution in [0, 0.1) is 6.10 Å². The Kier molecular flexibility index (Phi) is 5.01. The summed E-state index contributed by atoms with van der Waals surface area (Å²) in [4.78, 5) is 0. The number of rotatable bonds is 4. The zero-order valence-corrected chi connectivity index (χ0v) is 5.73. The molecule has 0 aliphatic heterocycles. The van der Waals surface area contributed by atoms with Gasteiger partial charge in [-0.2, -0.15) is 0 Å². The fraction of sp³-hybridized carbons (Fsp3) is 0.833. The minimum absolute atomic E-state index is 0.618. The Morgan fingerprint density at radius 1 is 1.38 bits per heavy atom. The highest BCUT2D eigenvalue weighted by Crippen LogP contribution is 2.04. The van der Waals surface area contributed by atoms with E-state index in [-0.39, 0.29) is 0 Å². The smallest absolute Gasteiger partial charge is 0.122 e. The molecule has 0 saturated carbocycles. The molecular weight excluding hydrogens is 104 g/mol. The lowest BCUT2D eigenvalue weighted by Crippen LogP contribution is -2.05. The van der Waals surface area contributed by atoms with Crippen molar-refractivity contribution in [3.63, 3.8) is 0 Å². The molecule has 2 heteroatoms. The largest absolute Gasteiger partial charge is 0.382 e. The molecule has 0 N–H and O–H groups in total. The molecule has 8 heavy (non-hydrogen) atoms. The zero-order valence-electron chi connectivity index (χ0n) is 5.73. The number of ether oxygens (including phenoxy) is 2. The van der Waals surface area contributed by atoms with Crippen LogP contribution in [0.5, 0.6) is 0 Å². The van der Waals surface area contributed by atoms with Crippen LogP contribution < -0.4 is 0 Å². The molecule has 0 aromatic carbocycles. The van der Waals surface area contributed by atoms with Gasteiger partial charge < -0.3 is 9.47 Å². The first kappa shape index (κ1) is 7.92. The highest BCUT2D eigenvalue weighted by Gasteiger charge is 2.01. The number of hydrogen-bond acceptors (Lipinski definition) is 2. The molecule has 0 heterocycles. The van der Waals surface area contributed by atoms with Gasteiger partial charge in [-0.1, -0.05) is 6.92 Å². The lowest BCUT2D eigenvalue weighted by atomic mass is 10.3. The lowest BCUT2D eigenvalue weighted by molar-refractivity contribution is 0.101. The second-order valence-corrected chi connectivity index (χ2v) is 1.53. The standard InChI is InChI=1S/C6H13O2/c1-4-6(8-3)5-7-2/h4-5H2,1-3H3. The molecular formula is C6H13O2. The van der Waals surface area contributed by atoms with E-state index in [1.807, 2.05) is 6.92 Å². The van der Waals surface area contributed by atoms with Gasteiger partial charge in [0, 0.05) is 14.2 Å². The van der Waals surface area contributed by atoms with Crippen LogP contribution in [-0.2, 0) is 9.47 Å². The third-order valence-corrected chi connectivity index (χ3v) is 0.988. The van der Waals surface area contributed by atoms with E-state index < -0.39 is 0 Å². The second kappa shape index (κ2) is 5.06. The van der Waals surface area contributed by atoms with Crippen molar-refractivity contribution in [2.24, 2.45) is 0 Å². The van der Waals surface area contributed by atoms with Crippen molar-refractivity contribution in [1.29, 1.82) is 0 Å². The molecule has 0 aromatic rings. The minimum atomic E-state index is 0.618. The average molecular weight is 117 g/mol. The van der Waals surface area contributed by atoms with Crippen LogP contribution in [0.15, 0.2) is 0 Å². The van der Waals surface area contributed by atoms with Gasteiger partial charge in [-0.25, -0.2) is 0 Å². The van der Waals surface area contributed by atoms with Gasteiger partial charge in [0.25, 0.3) is 0 Å². The van der Waals surface area contributed by atoms with E-state index in [9.17, 15) is 0 Å². The molecule has 2 nitrogen and oxygen atoms in total. The Hall–Kier alpha value is -0.0800. The molecule has 0 aromatic heterocycles. The van der Waals surface area contributed by atoms with Crippen molar-refractivity contribution in [3.05, 3.63) is 6.10 Å². The van der Waals surface area contributed by atoms with Crippen LogP contribution in [0.2, 0.25) is 0 Å². The van der Waals surface area contributed by atoms with E-state index in [1.54, 1.807) is 14.2 Å². The van der Waals surface area contributed by atoms with Gasteiger partial charge in [0.2, 0.25) is 0 Å². The Labute approximate surface area is 50.8 Å². The summed E-state index contributed by atoms with van der Waals surface area (Å²) in [6.45, 7) is 2.66. The predicted molar refractivity (Wildman–Crippen MR) is 32.4 cm³/mol. The molecule has 0 aliphatic rings. The summed E-state index contributed by atoms with van der Waals surface area (Å²) < 4.78 is 9.76. The molecule has 0 unspecified atom stereocenters. The summed E-state index contributed by atoms with van der Waals surface area (Å²) >= 11 is 0. The van der Waals surface area contributed by atoms with Gasteiger partial charge >= 0.3 is 0 Å². The maximum absolute atomic E-state index is 4.93. The second-order valence-electron chi connectivity index (χ2n) is 1.53. The van der Waals surface area contributed by atoms with Gasteiger partial charge in [0.15, 0.2) is 0 Å². The van der Waals surface area contributed by atoms with Crippen molar-refractivity contribution < 1.29 is 9.47 Å². The Morgan fingerprint density at radius 2 is 2.00 bits per heavy atom. The van der Waals surface area contributed by atoms with Crippen LogP contribution >= 0.6 is 0 Å². The highest BCUT2D eigenvalue weighted by molar-refractivity contribution is 4.73. The highest BCUT2D eigenvalue weighted by atomic mass is 16.5. The molecule has 0 saturated heterocycles. The van der Waals surface area contributed by atoms with Gasteiger partial charge in [-0.3, -0.25) is 0 Å². The van der Waals surface area contributed by atoms with E-state index in [0.717, 1.165) is 12.5 Å². The van der Waals surface area contributed by atoms with Gasteiger partial charge in [-0.15, -0.1) is 0 Å². The van der Waals surface area contributed by atoms with E-state index >= 15 is 0 Å². The van der Waals surface area contributed by atoms with Gasteiger partial charge in [0.05, 0.1) is 6.61 Å². The summed E-state index contributed by atoms with van der Waals surface area (Å²) in [6.07, 6.45) is 1.93. The van der Waals surface area contributed by atoms with Crippen LogP contribution in [0.1, 0.15) is 13.3 Å². The fourth-order valence-corrected chi connectivity index (χ4v) is 0.466. The summed E-state index contributed by atoms with van der Waals surface area (Å²) in [5, 5.41) is 0. The Balaban J connectivity index is 3.07. The van der Waals surface area contributed by atoms with Crippen molar-refractivity contribution >= 4 is 0 Å². The summed E-state index contributed by atoms with van der Waals surface area (Å²) in [7, 11) is 3.33. The third-order valence-electron chi connectivity index (χ3n) is 0.988. The normalized spacial score (nSPS) is 10.5. The summed E-state index contributed by atoms with van der Waals surface area (Å²) in [5.74, 6) is 0. The van der Waals surface area contributed by atoms with E-state index in [1.165, 1.54) is 0 Å². The molecule has 0 fully saturated rings. The Morgan fingerprint density at radius 3 is 2.12 bits per heavy atom. The summed E-state index contributed by atoms with van der Waals surface area (Å²) in [5.41, 5.74) is 0. The monoisotopic (exact) mass is 117 g/mol. The van der Waals surface area contributed by atoms with Crippen LogP contribution in [0.3, 0.4) is 0 Å². The van der Waals surface area contributed by atoms with Crippen molar-refractivity contribution in [1.82, 2.24) is 0 Å². The van der Waals surface area contributed by atoms with Gasteiger partial charge in [0.1, 0.15) is 6.10 Å². The van der Waals surface area contributed by atoms with Crippen molar-refractivity contribution in [3.8, 4) is 0 Å². The molecule has 1 radical (unpaired) electrons. The first-order valence-electron chi connectivity index (χ1n) is 2.72. The molecule has 0 bridgehead atoms. The number of methoxy groups -OCH3 is 2. The van der Waals surface area contributed by atoms with Crippen molar-refractivity contribution in [2.45, 2.75) is 13.3 Å². The van der Waals surface area contributed by atoms with Crippen LogP contribution in [-0.4, -0.2) is 20.8 Å². The Bertz CT molecular complexity index is 41.8. The minimum Gasteiger partial charge on any atom is -0.382 e. The molecule has 0 rings (SSSR count). The first-order chi connectivity index (χ1) is 3.85. The number of hydrogen-bond donors (Lipinski definition) is 0. The predicted octanol–water partition coefficient (Wildman–Crippen LogP) is 1.22. The maximum Gasteiger partial charge on any atom is 0.122 e. The lowest BCUT2D eigenvalue weighted by Gasteiger charge is -2.08. The zero-order chi connectivity index (χ0) is 6.41. The topological polar surface area (TPSA) is 18.5 Å². The third kappa shape index (κ3) is 2.99. The van der Waals surface area contributed by atoms with Crippen LogP contribution in [0.4, 0.5) is 0 Å². The molecule has 0 atom stereocenters. The average Bonchev–Trinajstić information content (AvgIpc) is 1.83. The molecule has 0 spiro atoms. The van der Waals surface area contributed by atoms with E-state index in [0.29, 0.717) is 6.61 Å². The van der Waals surface area contributed by atoms with E-state index in [4.69, 9.17) is 9.47 Å². The quantitative estimate of drug-likeness (QED) is 0.551. The van der Waals surface area contributed by atoms with Crippen LogP contribution in [0.25, 0.3) is 0 Å². The fourth-order valence-electron chi connectivity index (χ4n) is 0.466. The van der Waals surface area contributed by atoms with E-state index in [2.05, 4.69) is 0 Å². The van der Waals surface area contributed by atoms with Gasteiger partial charge in [-0.05, 0) is 6.42 Å². The summed E-state index contributed by atoms with van der Waals surface area (Å²) in [6, 6.07) is 0. The SMILES string of the molecule is CC[C](COC)OC. The molecule has 0 amide bonds. The van der Waals surface area contributed by atoms with Crippen molar-refractivity contribution in [2.75, 3.05) is 20.8 Å². The molecule has 0 aliphatic carbocycles. The maximum atomic E-state index is 4.93. The molecule has 49 valence electrons.